The lowest BCUT2D eigenvalue weighted by molar-refractivity contribution is 0.0476. The van der Waals surface area contributed by atoms with Crippen LogP contribution in [-0.2, 0) is 4.74 Å². The van der Waals surface area contributed by atoms with E-state index in [9.17, 15) is 19.2 Å². The minimum absolute atomic E-state index is 0.266. The first-order valence-corrected chi connectivity index (χ1v) is 13.1. The Hall–Kier alpha value is -5.14. The van der Waals surface area contributed by atoms with Gasteiger partial charge in [0.1, 0.15) is 0 Å². The number of aryl methyl sites for hydroxylation is 1. The Balaban J connectivity index is 1.29. The minimum atomic E-state index is -0.658. The number of imide groups is 1. The van der Waals surface area contributed by atoms with Crippen molar-refractivity contribution < 1.29 is 23.9 Å². The molecule has 4 aromatic carbocycles. The number of fused-ring (bicyclic) bond motifs is 2. The van der Waals surface area contributed by atoms with Crippen molar-refractivity contribution in [3.63, 3.8) is 0 Å². The number of pyridine rings is 1. The molecule has 7 nitrogen and oxygen atoms in total. The number of halogens is 1. The molecule has 0 radical (unpaired) electrons. The Kier molecular flexibility index (Phi) is 6.65. The van der Waals surface area contributed by atoms with Gasteiger partial charge in [0.2, 0.25) is 0 Å². The third kappa shape index (κ3) is 4.88. The molecule has 200 valence electrons. The van der Waals surface area contributed by atoms with Gasteiger partial charge in [0, 0.05) is 21.5 Å². The highest BCUT2D eigenvalue weighted by Crippen LogP contribution is 2.31. The van der Waals surface area contributed by atoms with Crippen LogP contribution in [0, 0.1) is 6.92 Å². The van der Waals surface area contributed by atoms with E-state index in [-0.39, 0.29) is 23.2 Å². The Morgan fingerprint density at radius 1 is 0.829 bits per heavy atom. The molecule has 5 aromatic rings. The first kappa shape index (κ1) is 26.1. The maximum Gasteiger partial charge on any atom is 0.339 e. The number of hydrogen-bond donors (Lipinski definition) is 0. The second-order valence-corrected chi connectivity index (χ2v) is 10.1. The van der Waals surface area contributed by atoms with Crippen molar-refractivity contribution in [2.75, 3.05) is 11.5 Å². The van der Waals surface area contributed by atoms with E-state index in [2.05, 4.69) is 0 Å². The molecule has 1 aromatic heterocycles. The van der Waals surface area contributed by atoms with Crippen LogP contribution in [0.15, 0.2) is 97.1 Å². The highest BCUT2D eigenvalue weighted by atomic mass is 35.5. The van der Waals surface area contributed by atoms with Crippen molar-refractivity contribution in [1.29, 1.82) is 0 Å². The van der Waals surface area contributed by atoms with Crippen LogP contribution >= 0.6 is 11.6 Å². The molecule has 0 bridgehead atoms. The van der Waals surface area contributed by atoms with E-state index >= 15 is 0 Å². The summed E-state index contributed by atoms with van der Waals surface area (Å²) in [5.74, 6) is -1.77. The summed E-state index contributed by atoms with van der Waals surface area (Å²) in [6, 6.07) is 27.0. The molecule has 1 aliphatic heterocycles. The lowest BCUT2D eigenvalue weighted by atomic mass is 10.0. The van der Waals surface area contributed by atoms with Gasteiger partial charge < -0.3 is 4.74 Å². The van der Waals surface area contributed by atoms with Crippen molar-refractivity contribution >= 4 is 51.8 Å². The molecule has 8 heteroatoms. The largest absolute Gasteiger partial charge is 0.454 e. The van der Waals surface area contributed by atoms with Crippen LogP contribution in [-0.4, -0.2) is 35.2 Å². The lowest BCUT2D eigenvalue weighted by Crippen LogP contribution is -2.29. The Bertz CT molecular complexity index is 1850. The summed E-state index contributed by atoms with van der Waals surface area (Å²) in [5.41, 5.74) is 4.48. The molecule has 0 N–H and O–H groups in total. The van der Waals surface area contributed by atoms with Crippen molar-refractivity contribution in [3.05, 3.63) is 130 Å². The molecular formula is C33H21ClN2O5. The van der Waals surface area contributed by atoms with Crippen molar-refractivity contribution in [2.45, 2.75) is 6.92 Å². The van der Waals surface area contributed by atoms with Crippen LogP contribution in [0.25, 0.3) is 22.2 Å². The van der Waals surface area contributed by atoms with Gasteiger partial charge in [0.15, 0.2) is 12.4 Å². The van der Waals surface area contributed by atoms with Gasteiger partial charge in [-0.05, 0) is 73.7 Å². The van der Waals surface area contributed by atoms with Gasteiger partial charge >= 0.3 is 5.97 Å². The average Bonchev–Trinajstić information content (AvgIpc) is 3.25. The second-order valence-electron chi connectivity index (χ2n) is 9.62. The van der Waals surface area contributed by atoms with Gasteiger partial charge in [-0.3, -0.25) is 14.4 Å². The average molecular weight is 561 g/mol. The number of carbonyl (C=O) groups excluding carboxylic acids is 4. The zero-order valence-electron chi connectivity index (χ0n) is 21.8. The van der Waals surface area contributed by atoms with E-state index in [0.29, 0.717) is 49.6 Å². The van der Waals surface area contributed by atoms with Crippen LogP contribution in [0.1, 0.15) is 47.0 Å². The summed E-state index contributed by atoms with van der Waals surface area (Å²) in [5, 5.41) is 1.10. The molecule has 0 spiro atoms. The lowest BCUT2D eigenvalue weighted by Gasteiger charge is -2.15. The Morgan fingerprint density at radius 2 is 1.49 bits per heavy atom. The van der Waals surface area contributed by atoms with Crippen LogP contribution in [0.2, 0.25) is 5.02 Å². The van der Waals surface area contributed by atoms with Crippen LogP contribution in [0.3, 0.4) is 0 Å². The molecule has 0 aliphatic carbocycles. The molecule has 2 heterocycles. The second kappa shape index (κ2) is 10.4. The molecule has 0 saturated heterocycles. The first-order valence-electron chi connectivity index (χ1n) is 12.8. The Morgan fingerprint density at radius 3 is 2.15 bits per heavy atom. The van der Waals surface area contributed by atoms with Gasteiger partial charge in [0.05, 0.1) is 33.6 Å². The standard InChI is InChI=1S/C33H21ClN2O5/c1-19-6-15-28-26(16-19)27(33(40)41-18-30(37)21-7-11-22(34)12-8-21)17-29(35-28)20-9-13-23(14-10-20)36-31(38)24-4-2-3-5-25(24)32(36)39/h2-17H,18H2,1H3. The maximum absolute atomic E-state index is 13.2. The monoisotopic (exact) mass is 560 g/mol. The van der Waals surface area contributed by atoms with Crippen LogP contribution in [0.5, 0.6) is 0 Å². The van der Waals surface area contributed by atoms with E-state index in [1.807, 2.05) is 25.1 Å². The highest BCUT2D eigenvalue weighted by molar-refractivity contribution is 6.34. The maximum atomic E-state index is 13.2. The molecule has 2 amide bonds. The van der Waals surface area contributed by atoms with E-state index in [1.54, 1.807) is 78.9 Å². The topological polar surface area (TPSA) is 93.6 Å². The van der Waals surface area contributed by atoms with Crippen molar-refractivity contribution in [3.8, 4) is 11.3 Å². The SMILES string of the molecule is Cc1ccc2nc(-c3ccc(N4C(=O)c5ccccc5C4=O)cc3)cc(C(=O)OCC(=O)c3ccc(Cl)cc3)c2c1. The number of carbonyl (C=O) groups is 4. The van der Waals surface area contributed by atoms with E-state index in [0.717, 1.165) is 10.5 Å². The Labute approximate surface area is 240 Å². The van der Waals surface area contributed by atoms with Gasteiger partial charge in [-0.2, -0.15) is 0 Å². The summed E-state index contributed by atoms with van der Waals surface area (Å²) >= 11 is 5.90. The fraction of sp³-hybridized carbons (Fsp3) is 0.0606. The van der Waals surface area contributed by atoms with Crippen LogP contribution in [0.4, 0.5) is 5.69 Å². The summed E-state index contributed by atoms with van der Waals surface area (Å²) in [6.07, 6.45) is 0. The van der Waals surface area contributed by atoms with Gasteiger partial charge in [0.25, 0.3) is 11.8 Å². The predicted octanol–water partition coefficient (Wildman–Crippen LogP) is 6.70. The molecule has 41 heavy (non-hydrogen) atoms. The molecular weight excluding hydrogens is 540 g/mol. The van der Waals surface area contributed by atoms with Crippen molar-refractivity contribution in [2.24, 2.45) is 0 Å². The number of esters is 1. The summed E-state index contributed by atoms with van der Waals surface area (Å²) in [7, 11) is 0. The van der Waals surface area contributed by atoms with E-state index < -0.39 is 12.6 Å². The number of rotatable bonds is 6. The zero-order chi connectivity index (χ0) is 28.7. The van der Waals surface area contributed by atoms with E-state index in [4.69, 9.17) is 21.3 Å². The number of anilines is 1. The molecule has 6 rings (SSSR count). The number of ether oxygens (including phenoxy) is 1. The van der Waals surface area contributed by atoms with Crippen molar-refractivity contribution in [1.82, 2.24) is 4.98 Å². The number of ketones is 1. The van der Waals surface area contributed by atoms with Gasteiger partial charge in [-0.15, -0.1) is 0 Å². The minimum Gasteiger partial charge on any atom is -0.454 e. The molecule has 0 unspecified atom stereocenters. The number of benzene rings is 4. The third-order valence-electron chi connectivity index (χ3n) is 6.90. The third-order valence-corrected chi connectivity index (χ3v) is 7.15. The summed E-state index contributed by atoms with van der Waals surface area (Å²) < 4.78 is 5.42. The predicted molar refractivity (Wildman–Crippen MR) is 156 cm³/mol. The van der Waals surface area contributed by atoms with Gasteiger partial charge in [-0.25, -0.2) is 14.7 Å². The smallest absolute Gasteiger partial charge is 0.339 e. The molecule has 0 atom stereocenters. The molecule has 0 saturated carbocycles. The summed E-state index contributed by atoms with van der Waals surface area (Å²) in [4.78, 5) is 57.5. The van der Waals surface area contributed by atoms with E-state index in [1.165, 1.54) is 0 Å². The number of nitrogens with zero attached hydrogens (tertiary/aromatic N) is 2. The van der Waals surface area contributed by atoms with Crippen LogP contribution < -0.4 is 4.90 Å². The first-order chi connectivity index (χ1) is 19.8. The normalized spacial score (nSPS) is 12.5. The molecule has 1 aliphatic rings. The zero-order valence-corrected chi connectivity index (χ0v) is 22.5. The number of aromatic nitrogens is 1. The fourth-order valence-corrected chi connectivity index (χ4v) is 4.92. The summed E-state index contributed by atoms with van der Waals surface area (Å²) in [6.45, 7) is 1.48. The number of amides is 2. The van der Waals surface area contributed by atoms with Gasteiger partial charge in [-0.1, -0.05) is 47.5 Å². The number of Topliss-reactive ketones (excluding diaryl/α,β-unsaturated/α-hetero) is 1. The fourth-order valence-electron chi connectivity index (χ4n) is 4.79. The quantitative estimate of drug-likeness (QED) is 0.130. The molecule has 0 fully saturated rings. The number of hydrogen-bond acceptors (Lipinski definition) is 6. The highest BCUT2D eigenvalue weighted by Gasteiger charge is 2.36.